The van der Waals surface area contributed by atoms with Gasteiger partial charge in [-0.15, -0.1) is 0 Å². The number of carbonyl (C=O) groups excluding carboxylic acids is 4. The fourth-order valence-corrected chi connectivity index (χ4v) is 13.6. The summed E-state index contributed by atoms with van der Waals surface area (Å²) in [6, 6.07) is 0. The highest BCUT2D eigenvalue weighted by Gasteiger charge is 2.30. The van der Waals surface area contributed by atoms with Gasteiger partial charge < -0.3 is 33.8 Å². The first-order valence-electron chi connectivity index (χ1n) is 40.5. The Morgan fingerprint density at radius 1 is 0.299 bits per heavy atom. The van der Waals surface area contributed by atoms with Gasteiger partial charge in [0.1, 0.15) is 19.3 Å². The molecular formula is C78H152O17P2. The summed E-state index contributed by atoms with van der Waals surface area (Å²) in [4.78, 5) is 72.9. The van der Waals surface area contributed by atoms with Gasteiger partial charge in [0.2, 0.25) is 0 Å². The monoisotopic (exact) mass is 1420 g/mol. The molecule has 0 bridgehead atoms. The Kier molecular flexibility index (Phi) is 68.4. The first-order chi connectivity index (χ1) is 46.9. The average Bonchev–Trinajstić information content (AvgIpc) is 2.41. The van der Waals surface area contributed by atoms with E-state index in [9.17, 15) is 43.2 Å². The number of aliphatic hydroxyl groups excluding tert-OH is 1. The van der Waals surface area contributed by atoms with Gasteiger partial charge in [-0.2, -0.15) is 0 Å². The summed E-state index contributed by atoms with van der Waals surface area (Å²) in [6.45, 7) is 9.67. The number of hydrogen-bond donors (Lipinski definition) is 3. The van der Waals surface area contributed by atoms with Crippen molar-refractivity contribution in [2.24, 2.45) is 11.8 Å². The second kappa shape index (κ2) is 69.8. The SMILES string of the molecule is CCCCCCCCCCCCCCCC(=O)OC[C@H](COP(=O)(O)OC[C@H](O)COP(=O)(O)OC[C@@H](COC(=O)CCCCCCCCCCCCC(C)C)OC(=O)CCCCCCCCCCCCCCCCC(C)CC)OC(=O)CCCCCCCCCCCCCCC. The molecular weight excluding hydrogens is 1270 g/mol. The van der Waals surface area contributed by atoms with Crippen molar-refractivity contribution in [3.63, 3.8) is 0 Å². The van der Waals surface area contributed by atoms with Crippen LogP contribution in [0.15, 0.2) is 0 Å². The Labute approximate surface area is 594 Å². The average molecular weight is 1420 g/mol. The molecule has 0 aromatic heterocycles. The number of hydrogen-bond acceptors (Lipinski definition) is 15. The highest BCUT2D eigenvalue weighted by atomic mass is 31.2. The quantitative estimate of drug-likeness (QED) is 0.0222. The number of carbonyl (C=O) groups is 4. The van der Waals surface area contributed by atoms with Crippen molar-refractivity contribution in [3.8, 4) is 0 Å². The van der Waals surface area contributed by atoms with E-state index >= 15 is 0 Å². The Morgan fingerprint density at radius 3 is 0.784 bits per heavy atom. The topological polar surface area (TPSA) is 237 Å². The maximum Gasteiger partial charge on any atom is 0.472 e. The van der Waals surface area contributed by atoms with Gasteiger partial charge in [0.25, 0.3) is 0 Å². The minimum Gasteiger partial charge on any atom is -0.462 e. The Balaban J connectivity index is 5.26. The Bertz CT molecular complexity index is 1870. The molecule has 0 spiro atoms. The molecule has 97 heavy (non-hydrogen) atoms. The smallest absolute Gasteiger partial charge is 0.462 e. The van der Waals surface area contributed by atoms with Crippen LogP contribution in [0, 0.1) is 11.8 Å². The van der Waals surface area contributed by atoms with E-state index in [2.05, 4.69) is 41.5 Å². The summed E-state index contributed by atoms with van der Waals surface area (Å²) < 4.78 is 68.6. The zero-order chi connectivity index (χ0) is 71.4. The second-order valence-corrected chi connectivity index (χ2v) is 31.7. The van der Waals surface area contributed by atoms with Crippen molar-refractivity contribution < 1.29 is 80.2 Å². The van der Waals surface area contributed by atoms with Crippen molar-refractivity contribution in [3.05, 3.63) is 0 Å². The van der Waals surface area contributed by atoms with E-state index in [0.717, 1.165) is 102 Å². The number of esters is 4. The second-order valence-electron chi connectivity index (χ2n) is 28.8. The van der Waals surface area contributed by atoms with Crippen molar-refractivity contribution in [1.29, 1.82) is 0 Å². The predicted octanol–water partition coefficient (Wildman–Crippen LogP) is 23.1. The summed E-state index contributed by atoms with van der Waals surface area (Å²) in [5.41, 5.74) is 0. The Morgan fingerprint density at radius 2 is 0.526 bits per heavy atom. The van der Waals surface area contributed by atoms with Crippen LogP contribution in [-0.2, 0) is 65.4 Å². The number of phosphoric acid groups is 2. The van der Waals surface area contributed by atoms with Crippen LogP contribution < -0.4 is 0 Å². The molecule has 0 saturated heterocycles. The maximum atomic E-state index is 13.1. The minimum atomic E-state index is -4.96. The van der Waals surface area contributed by atoms with E-state index in [-0.39, 0.29) is 25.7 Å². The normalized spacial score (nSPS) is 14.2. The van der Waals surface area contributed by atoms with Gasteiger partial charge in [-0.1, -0.05) is 356 Å². The number of unbranched alkanes of at least 4 members (excludes halogenated alkanes) is 46. The highest BCUT2D eigenvalue weighted by Crippen LogP contribution is 2.45. The van der Waals surface area contributed by atoms with Crippen molar-refractivity contribution in [2.75, 3.05) is 39.6 Å². The molecule has 3 N–H and O–H groups in total. The fourth-order valence-electron chi connectivity index (χ4n) is 12.0. The van der Waals surface area contributed by atoms with E-state index in [4.69, 9.17) is 37.0 Å². The van der Waals surface area contributed by atoms with Gasteiger partial charge in [0.05, 0.1) is 26.4 Å². The van der Waals surface area contributed by atoms with Crippen LogP contribution in [-0.4, -0.2) is 96.7 Å². The lowest BCUT2D eigenvalue weighted by Crippen LogP contribution is -2.30. The lowest BCUT2D eigenvalue weighted by Gasteiger charge is -2.21. The van der Waals surface area contributed by atoms with Crippen LogP contribution >= 0.6 is 15.6 Å². The molecule has 6 atom stereocenters. The summed E-state index contributed by atoms with van der Waals surface area (Å²) in [5, 5.41) is 10.6. The van der Waals surface area contributed by atoms with Crippen LogP contribution in [0.5, 0.6) is 0 Å². The van der Waals surface area contributed by atoms with E-state index in [1.54, 1.807) is 0 Å². The molecule has 0 aliphatic rings. The van der Waals surface area contributed by atoms with Gasteiger partial charge in [0, 0.05) is 25.7 Å². The minimum absolute atomic E-state index is 0.108. The number of ether oxygens (including phenoxy) is 4. The van der Waals surface area contributed by atoms with Crippen molar-refractivity contribution in [1.82, 2.24) is 0 Å². The lowest BCUT2D eigenvalue weighted by atomic mass is 9.99. The summed E-state index contributed by atoms with van der Waals surface area (Å²) in [7, 11) is -9.91. The number of aliphatic hydroxyl groups is 1. The van der Waals surface area contributed by atoms with Gasteiger partial charge in [-0.05, 0) is 37.5 Å². The molecule has 0 saturated carbocycles. The molecule has 0 aliphatic carbocycles. The molecule has 19 heteroatoms. The molecule has 3 unspecified atom stereocenters. The zero-order valence-electron chi connectivity index (χ0n) is 63.4. The van der Waals surface area contributed by atoms with Gasteiger partial charge >= 0.3 is 39.5 Å². The number of phosphoric ester groups is 2. The standard InChI is InChI=1S/C78H152O17P2/c1-7-10-12-14-16-18-20-24-29-36-42-48-54-60-75(80)88-66-73(94-77(82)62-56-50-44-38-30-25-21-19-17-15-13-11-8-2)68-92-96(84,85)90-64-72(79)65-91-97(86,87)93-69-74(67-89-76(81)61-55-49-43-37-33-32-34-40-46-52-58-70(4)5)95-78(83)63-57-51-45-39-31-27-23-22-26-28-35-41-47-53-59-71(6)9-3/h70-74,79H,7-69H2,1-6H3,(H,84,85)(H,86,87)/t71?,72-,73+,74+/m0/s1. The van der Waals surface area contributed by atoms with E-state index in [1.807, 2.05) is 0 Å². The largest absolute Gasteiger partial charge is 0.472 e. The first-order valence-corrected chi connectivity index (χ1v) is 43.5. The third-order valence-electron chi connectivity index (χ3n) is 18.6. The van der Waals surface area contributed by atoms with Crippen LogP contribution in [0.4, 0.5) is 0 Å². The van der Waals surface area contributed by atoms with Crippen LogP contribution in [0.1, 0.15) is 408 Å². The molecule has 0 heterocycles. The van der Waals surface area contributed by atoms with Crippen LogP contribution in [0.2, 0.25) is 0 Å². The van der Waals surface area contributed by atoms with Gasteiger partial charge in [0.15, 0.2) is 12.2 Å². The predicted molar refractivity (Wildman–Crippen MR) is 395 cm³/mol. The maximum absolute atomic E-state index is 13.1. The summed E-state index contributed by atoms with van der Waals surface area (Å²) in [5.74, 6) is -0.505. The fraction of sp³-hybridized carbons (Fsp3) is 0.949. The van der Waals surface area contributed by atoms with Crippen molar-refractivity contribution >= 4 is 39.5 Å². The third-order valence-corrected chi connectivity index (χ3v) is 20.5. The molecule has 0 fully saturated rings. The zero-order valence-corrected chi connectivity index (χ0v) is 65.2. The summed E-state index contributed by atoms with van der Waals surface area (Å²) in [6.07, 6.45) is 58.0. The van der Waals surface area contributed by atoms with Gasteiger partial charge in [-0.3, -0.25) is 37.3 Å². The van der Waals surface area contributed by atoms with Crippen molar-refractivity contribution in [2.45, 2.75) is 426 Å². The van der Waals surface area contributed by atoms with E-state index < -0.39 is 97.5 Å². The summed E-state index contributed by atoms with van der Waals surface area (Å²) >= 11 is 0. The van der Waals surface area contributed by atoms with E-state index in [0.29, 0.717) is 25.7 Å². The molecule has 576 valence electrons. The van der Waals surface area contributed by atoms with Crippen LogP contribution in [0.3, 0.4) is 0 Å². The molecule has 0 aromatic rings. The molecule has 17 nitrogen and oxygen atoms in total. The Hall–Kier alpha value is -1.94. The third kappa shape index (κ3) is 70.9. The van der Waals surface area contributed by atoms with E-state index in [1.165, 1.54) is 225 Å². The molecule has 0 amide bonds. The van der Waals surface area contributed by atoms with Gasteiger partial charge in [-0.25, -0.2) is 9.13 Å². The van der Waals surface area contributed by atoms with Crippen LogP contribution in [0.25, 0.3) is 0 Å². The molecule has 0 rings (SSSR count). The lowest BCUT2D eigenvalue weighted by molar-refractivity contribution is -0.161. The molecule has 0 aromatic carbocycles. The highest BCUT2D eigenvalue weighted by molar-refractivity contribution is 7.47. The first kappa shape index (κ1) is 95.1. The number of rotatable bonds is 77. The molecule has 0 aliphatic heterocycles. The molecule has 0 radical (unpaired) electrons.